The Balaban J connectivity index is 1.98. The van der Waals surface area contributed by atoms with E-state index in [1.165, 1.54) is 47.5 Å². The molecule has 1 aliphatic rings. The molecule has 0 fully saturated rings. The van der Waals surface area contributed by atoms with Crippen LogP contribution in [0.25, 0.3) is 5.69 Å². The number of aromatic nitrogens is 2. The Hall–Kier alpha value is -1.57. The predicted octanol–water partition coefficient (Wildman–Crippen LogP) is 5.07. The van der Waals surface area contributed by atoms with E-state index >= 15 is 0 Å². The summed E-state index contributed by atoms with van der Waals surface area (Å²) in [7, 11) is 0. The highest BCUT2D eigenvalue weighted by Crippen LogP contribution is 2.33. The van der Waals surface area contributed by atoms with Crippen molar-refractivity contribution < 1.29 is 0 Å². The lowest BCUT2D eigenvalue weighted by Crippen LogP contribution is -2.20. The Morgan fingerprint density at radius 1 is 1.09 bits per heavy atom. The minimum Gasteiger partial charge on any atom is -0.237 e. The van der Waals surface area contributed by atoms with E-state index in [0.717, 1.165) is 11.8 Å². The molecule has 0 spiro atoms. The van der Waals surface area contributed by atoms with Crippen LogP contribution in [0.2, 0.25) is 0 Å². The molecule has 0 bridgehead atoms. The molecule has 0 saturated heterocycles. The van der Waals surface area contributed by atoms with E-state index in [2.05, 4.69) is 63.6 Å². The first-order valence-electron chi connectivity index (χ1n) is 8.65. The Bertz CT molecular complexity index is 647. The molecular weight excluding hydrogens is 268 g/mol. The maximum absolute atomic E-state index is 4.85. The number of benzene rings is 1. The van der Waals surface area contributed by atoms with Crippen LogP contribution in [0.5, 0.6) is 0 Å². The van der Waals surface area contributed by atoms with Crippen molar-refractivity contribution in [3.8, 4) is 5.69 Å². The molecule has 1 aromatic heterocycles. The Morgan fingerprint density at radius 3 is 2.36 bits per heavy atom. The lowest BCUT2D eigenvalue weighted by molar-refractivity contribution is 0.337. The van der Waals surface area contributed by atoms with Crippen molar-refractivity contribution in [1.29, 1.82) is 0 Å². The van der Waals surface area contributed by atoms with Crippen LogP contribution >= 0.6 is 0 Å². The van der Waals surface area contributed by atoms with Crippen LogP contribution in [0.4, 0.5) is 0 Å². The van der Waals surface area contributed by atoms with Crippen LogP contribution < -0.4 is 0 Å². The number of fused-ring (bicyclic) bond motifs is 1. The van der Waals surface area contributed by atoms with Gasteiger partial charge in [-0.15, -0.1) is 0 Å². The van der Waals surface area contributed by atoms with Crippen molar-refractivity contribution in [2.75, 3.05) is 0 Å². The summed E-state index contributed by atoms with van der Waals surface area (Å²) in [4.78, 5) is 0. The molecule has 1 atom stereocenters. The lowest BCUT2D eigenvalue weighted by Gasteiger charge is -2.26. The van der Waals surface area contributed by atoms with Crippen LogP contribution in [0.3, 0.4) is 0 Å². The maximum Gasteiger partial charge on any atom is 0.0649 e. The largest absolute Gasteiger partial charge is 0.237 e. The number of nitrogens with zero attached hydrogens (tertiary/aromatic N) is 2. The van der Waals surface area contributed by atoms with E-state index in [4.69, 9.17) is 5.10 Å². The third-order valence-electron chi connectivity index (χ3n) is 5.26. The topological polar surface area (TPSA) is 17.8 Å². The smallest absolute Gasteiger partial charge is 0.0649 e. The van der Waals surface area contributed by atoms with Gasteiger partial charge in [0.1, 0.15) is 0 Å². The molecule has 118 valence electrons. The van der Waals surface area contributed by atoms with Crippen LogP contribution in [0.15, 0.2) is 24.3 Å². The molecule has 0 saturated carbocycles. The zero-order valence-electron chi connectivity index (χ0n) is 14.6. The van der Waals surface area contributed by atoms with Gasteiger partial charge in [-0.25, -0.2) is 4.68 Å². The molecule has 1 heterocycles. The fourth-order valence-corrected chi connectivity index (χ4v) is 3.61. The average molecular weight is 296 g/mol. The fourth-order valence-electron chi connectivity index (χ4n) is 3.61. The van der Waals surface area contributed by atoms with E-state index in [1.807, 2.05) is 0 Å². The second kappa shape index (κ2) is 5.91. The minimum atomic E-state index is 0.577. The summed E-state index contributed by atoms with van der Waals surface area (Å²) in [5.74, 6) is 2.12. The van der Waals surface area contributed by atoms with Crippen molar-refractivity contribution in [2.24, 2.45) is 11.8 Å². The Morgan fingerprint density at radius 2 is 1.77 bits per heavy atom. The molecular formula is C20H28N2. The highest BCUT2D eigenvalue weighted by atomic mass is 15.3. The quantitative estimate of drug-likeness (QED) is 0.773. The molecule has 2 nitrogen and oxygen atoms in total. The SMILES string of the molecule is Cc1nn(-c2ccc(C(C)C)cc2)c2c1CCC(C(C)C)C2. The monoisotopic (exact) mass is 296 g/mol. The third kappa shape index (κ3) is 2.71. The van der Waals surface area contributed by atoms with E-state index in [9.17, 15) is 0 Å². The fraction of sp³-hybridized carbons (Fsp3) is 0.550. The Labute approximate surface area is 134 Å². The molecule has 0 radical (unpaired) electrons. The highest BCUT2D eigenvalue weighted by Gasteiger charge is 2.26. The van der Waals surface area contributed by atoms with Gasteiger partial charge in [0.15, 0.2) is 0 Å². The second-order valence-electron chi connectivity index (χ2n) is 7.42. The first kappa shape index (κ1) is 15.3. The van der Waals surface area contributed by atoms with E-state index in [0.29, 0.717) is 5.92 Å². The van der Waals surface area contributed by atoms with Crippen LogP contribution in [-0.2, 0) is 12.8 Å². The minimum absolute atomic E-state index is 0.577. The van der Waals surface area contributed by atoms with Crippen LogP contribution in [0.1, 0.15) is 62.5 Å². The predicted molar refractivity (Wildman–Crippen MR) is 92.7 cm³/mol. The summed E-state index contributed by atoms with van der Waals surface area (Å²) in [6.07, 6.45) is 3.66. The van der Waals surface area contributed by atoms with E-state index in [-0.39, 0.29) is 0 Å². The normalized spacial score (nSPS) is 18.0. The Kier molecular flexibility index (Phi) is 4.12. The second-order valence-corrected chi connectivity index (χ2v) is 7.42. The third-order valence-corrected chi connectivity index (χ3v) is 5.26. The summed E-state index contributed by atoms with van der Waals surface area (Å²) in [5.41, 5.74) is 6.74. The number of hydrogen-bond acceptors (Lipinski definition) is 1. The molecule has 0 aliphatic heterocycles. The van der Waals surface area contributed by atoms with Gasteiger partial charge in [-0.05, 0) is 67.2 Å². The highest BCUT2D eigenvalue weighted by molar-refractivity contribution is 5.40. The summed E-state index contributed by atoms with van der Waals surface area (Å²) in [6.45, 7) is 11.3. The maximum atomic E-state index is 4.85. The molecule has 22 heavy (non-hydrogen) atoms. The molecule has 2 aromatic rings. The standard InChI is InChI=1S/C20H28N2/c1-13(2)16-6-9-18(10-7-16)22-20-12-17(14(3)4)8-11-19(20)15(5)21-22/h6-7,9-10,13-14,17H,8,11-12H2,1-5H3. The molecule has 0 amide bonds. The van der Waals surface area contributed by atoms with E-state index < -0.39 is 0 Å². The van der Waals surface area contributed by atoms with Gasteiger partial charge in [0.25, 0.3) is 0 Å². The van der Waals surface area contributed by atoms with Gasteiger partial charge in [-0.2, -0.15) is 5.10 Å². The first-order valence-corrected chi connectivity index (χ1v) is 8.65. The van der Waals surface area contributed by atoms with Crippen LogP contribution in [-0.4, -0.2) is 9.78 Å². The molecule has 1 aromatic carbocycles. The van der Waals surface area contributed by atoms with Gasteiger partial charge in [0.05, 0.1) is 11.4 Å². The van der Waals surface area contributed by atoms with Gasteiger partial charge in [-0.3, -0.25) is 0 Å². The van der Waals surface area contributed by atoms with Gasteiger partial charge in [0.2, 0.25) is 0 Å². The van der Waals surface area contributed by atoms with Crippen molar-refractivity contribution in [1.82, 2.24) is 9.78 Å². The summed E-state index contributed by atoms with van der Waals surface area (Å²) in [5, 5.41) is 4.85. The molecule has 2 heteroatoms. The van der Waals surface area contributed by atoms with Crippen molar-refractivity contribution >= 4 is 0 Å². The number of hydrogen-bond donors (Lipinski definition) is 0. The molecule has 1 aliphatic carbocycles. The van der Waals surface area contributed by atoms with Crippen molar-refractivity contribution in [3.63, 3.8) is 0 Å². The zero-order chi connectivity index (χ0) is 15.9. The average Bonchev–Trinajstić information content (AvgIpc) is 2.84. The molecule has 0 N–H and O–H groups in total. The summed E-state index contributed by atoms with van der Waals surface area (Å²) < 4.78 is 2.20. The summed E-state index contributed by atoms with van der Waals surface area (Å²) in [6, 6.07) is 8.93. The number of rotatable bonds is 3. The first-order chi connectivity index (χ1) is 10.5. The van der Waals surface area contributed by atoms with Gasteiger partial charge < -0.3 is 0 Å². The van der Waals surface area contributed by atoms with Crippen molar-refractivity contribution in [3.05, 3.63) is 46.8 Å². The molecule has 1 unspecified atom stereocenters. The summed E-state index contributed by atoms with van der Waals surface area (Å²) >= 11 is 0. The van der Waals surface area contributed by atoms with Crippen LogP contribution in [0, 0.1) is 18.8 Å². The van der Waals surface area contributed by atoms with Gasteiger partial charge in [0, 0.05) is 5.69 Å². The number of aryl methyl sites for hydroxylation is 1. The van der Waals surface area contributed by atoms with Gasteiger partial charge in [-0.1, -0.05) is 39.8 Å². The zero-order valence-corrected chi connectivity index (χ0v) is 14.6. The molecule has 3 rings (SSSR count). The van der Waals surface area contributed by atoms with E-state index in [1.54, 1.807) is 0 Å². The van der Waals surface area contributed by atoms with Crippen molar-refractivity contribution in [2.45, 2.75) is 59.8 Å². The lowest BCUT2D eigenvalue weighted by atomic mass is 9.80. The van der Waals surface area contributed by atoms with Gasteiger partial charge >= 0.3 is 0 Å².